The first-order chi connectivity index (χ1) is 9.09. The van der Waals surface area contributed by atoms with Gasteiger partial charge in [-0.05, 0) is 31.9 Å². The quantitative estimate of drug-likeness (QED) is 0.853. The van der Waals surface area contributed by atoms with E-state index in [9.17, 15) is 14.7 Å². The van der Waals surface area contributed by atoms with Crippen molar-refractivity contribution in [3.05, 3.63) is 24.0 Å². The van der Waals surface area contributed by atoms with Gasteiger partial charge in [-0.2, -0.15) is 0 Å². The molecule has 5 nitrogen and oxygen atoms in total. The highest BCUT2D eigenvalue weighted by molar-refractivity contribution is 5.93. The van der Waals surface area contributed by atoms with E-state index in [0.29, 0.717) is 18.5 Å². The number of nitrogens with one attached hydrogen (secondary N) is 1. The Labute approximate surface area is 112 Å². The third-order valence-corrected chi connectivity index (χ3v) is 4.00. The van der Waals surface area contributed by atoms with E-state index in [1.165, 1.54) is 0 Å². The summed E-state index contributed by atoms with van der Waals surface area (Å²) in [6.45, 7) is 2.91. The third kappa shape index (κ3) is 2.64. The molecule has 1 fully saturated rings. The topological polar surface area (TPSA) is 71.3 Å². The first-order valence-electron chi connectivity index (χ1n) is 6.76. The molecule has 1 aromatic rings. The Morgan fingerprint density at radius 1 is 1.42 bits per heavy atom. The van der Waals surface area contributed by atoms with Crippen LogP contribution in [0.15, 0.2) is 18.3 Å². The molecule has 104 valence electrons. The first-order valence-corrected chi connectivity index (χ1v) is 6.76. The molecule has 1 heterocycles. The smallest absolute Gasteiger partial charge is 0.311 e. The van der Waals surface area contributed by atoms with Crippen LogP contribution < -0.4 is 5.32 Å². The van der Waals surface area contributed by atoms with Gasteiger partial charge in [0.15, 0.2) is 0 Å². The van der Waals surface area contributed by atoms with Crippen LogP contribution in [-0.2, 0) is 11.3 Å². The molecule has 0 aromatic carbocycles. The molecule has 1 saturated carbocycles. The number of carbonyl (C=O) groups is 2. The lowest BCUT2D eigenvalue weighted by molar-refractivity contribution is -0.148. The van der Waals surface area contributed by atoms with Crippen LogP contribution in [-0.4, -0.2) is 28.1 Å². The zero-order valence-electron chi connectivity index (χ0n) is 11.2. The molecule has 1 amide bonds. The second kappa shape index (κ2) is 5.47. The Hall–Kier alpha value is -1.78. The fourth-order valence-electron chi connectivity index (χ4n) is 2.75. The van der Waals surface area contributed by atoms with E-state index in [1.54, 1.807) is 6.07 Å². The van der Waals surface area contributed by atoms with Gasteiger partial charge < -0.3 is 15.0 Å². The second-order valence-electron chi connectivity index (χ2n) is 5.15. The molecule has 1 aliphatic carbocycles. The Morgan fingerprint density at radius 3 is 2.68 bits per heavy atom. The first kappa shape index (κ1) is 13.6. The highest BCUT2D eigenvalue weighted by atomic mass is 16.4. The van der Waals surface area contributed by atoms with Gasteiger partial charge in [0.1, 0.15) is 5.69 Å². The van der Waals surface area contributed by atoms with E-state index in [1.807, 2.05) is 23.8 Å². The maximum atomic E-state index is 12.1. The Bertz CT molecular complexity index is 473. The second-order valence-corrected chi connectivity index (χ2v) is 5.15. The van der Waals surface area contributed by atoms with Crippen LogP contribution in [0.3, 0.4) is 0 Å². The predicted molar refractivity (Wildman–Crippen MR) is 71.0 cm³/mol. The highest BCUT2D eigenvalue weighted by Crippen LogP contribution is 2.37. The van der Waals surface area contributed by atoms with Gasteiger partial charge in [0, 0.05) is 19.3 Å². The summed E-state index contributed by atoms with van der Waals surface area (Å²) in [5, 5.41) is 12.1. The number of carbonyl (C=O) groups excluding carboxylic acids is 1. The maximum Gasteiger partial charge on any atom is 0.311 e. The summed E-state index contributed by atoms with van der Waals surface area (Å²) in [5.74, 6) is -0.990. The van der Waals surface area contributed by atoms with E-state index >= 15 is 0 Å². The molecule has 19 heavy (non-hydrogen) atoms. The molecule has 0 bridgehead atoms. The number of amides is 1. The molecular formula is C14H20N2O3. The average Bonchev–Trinajstić information content (AvgIpc) is 3.05. The van der Waals surface area contributed by atoms with Crippen LogP contribution in [0.4, 0.5) is 0 Å². The number of carboxylic acid groups (broad SMARTS) is 1. The molecule has 2 N–H and O–H groups in total. The maximum absolute atomic E-state index is 12.1. The summed E-state index contributed by atoms with van der Waals surface area (Å²) < 4.78 is 1.84. The van der Waals surface area contributed by atoms with Crippen LogP contribution in [0.5, 0.6) is 0 Å². The van der Waals surface area contributed by atoms with Crippen molar-refractivity contribution in [1.82, 2.24) is 9.88 Å². The van der Waals surface area contributed by atoms with E-state index in [-0.39, 0.29) is 12.5 Å². The molecule has 0 aliphatic heterocycles. The van der Waals surface area contributed by atoms with Crippen molar-refractivity contribution in [2.24, 2.45) is 5.41 Å². The van der Waals surface area contributed by atoms with Gasteiger partial charge in [0.2, 0.25) is 0 Å². The number of hydrogen-bond donors (Lipinski definition) is 2. The number of aryl methyl sites for hydroxylation is 1. The largest absolute Gasteiger partial charge is 0.481 e. The van der Waals surface area contributed by atoms with Gasteiger partial charge in [0.05, 0.1) is 5.41 Å². The number of carboxylic acids is 1. The SMILES string of the molecule is CCn1cccc1C(=O)NCC1(C(=O)O)CCCC1. The molecule has 1 aliphatic rings. The van der Waals surface area contributed by atoms with Crippen molar-refractivity contribution in [3.8, 4) is 0 Å². The fourth-order valence-corrected chi connectivity index (χ4v) is 2.75. The molecule has 1 aromatic heterocycles. The van der Waals surface area contributed by atoms with Crippen molar-refractivity contribution in [2.45, 2.75) is 39.2 Å². The van der Waals surface area contributed by atoms with E-state index in [0.717, 1.165) is 19.4 Å². The summed E-state index contributed by atoms with van der Waals surface area (Å²) in [7, 11) is 0. The van der Waals surface area contributed by atoms with Gasteiger partial charge in [0.25, 0.3) is 5.91 Å². The number of hydrogen-bond acceptors (Lipinski definition) is 2. The van der Waals surface area contributed by atoms with Gasteiger partial charge in [-0.1, -0.05) is 12.8 Å². The lowest BCUT2D eigenvalue weighted by Crippen LogP contribution is -2.41. The lowest BCUT2D eigenvalue weighted by Gasteiger charge is -2.24. The number of rotatable bonds is 5. The van der Waals surface area contributed by atoms with Gasteiger partial charge >= 0.3 is 5.97 Å². The summed E-state index contributed by atoms with van der Waals surface area (Å²) >= 11 is 0. The fraction of sp³-hybridized carbons (Fsp3) is 0.571. The van der Waals surface area contributed by atoms with Crippen LogP contribution >= 0.6 is 0 Å². The Morgan fingerprint density at radius 2 is 2.11 bits per heavy atom. The lowest BCUT2D eigenvalue weighted by atomic mass is 9.86. The summed E-state index contributed by atoms with van der Waals surface area (Å²) in [6, 6.07) is 3.57. The zero-order valence-corrected chi connectivity index (χ0v) is 11.2. The van der Waals surface area contributed by atoms with E-state index < -0.39 is 11.4 Å². The molecule has 0 spiro atoms. The minimum absolute atomic E-state index is 0.195. The van der Waals surface area contributed by atoms with Gasteiger partial charge in [-0.15, -0.1) is 0 Å². The molecular weight excluding hydrogens is 244 g/mol. The molecule has 0 saturated heterocycles. The van der Waals surface area contributed by atoms with Crippen molar-refractivity contribution < 1.29 is 14.7 Å². The monoisotopic (exact) mass is 264 g/mol. The van der Waals surface area contributed by atoms with Crippen LogP contribution in [0.25, 0.3) is 0 Å². The van der Waals surface area contributed by atoms with Crippen molar-refractivity contribution in [3.63, 3.8) is 0 Å². The molecule has 5 heteroatoms. The summed E-state index contributed by atoms with van der Waals surface area (Å²) in [6.07, 6.45) is 4.99. The molecule has 2 rings (SSSR count). The van der Waals surface area contributed by atoms with E-state index in [4.69, 9.17) is 0 Å². The average molecular weight is 264 g/mol. The normalized spacial score (nSPS) is 17.3. The predicted octanol–water partition coefficient (Wildman–Crippen LogP) is 1.88. The van der Waals surface area contributed by atoms with Crippen molar-refractivity contribution in [1.29, 1.82) is 0 Å². The molecule has 0 radical (unpaired) electrons. The van der Waals surface area contributed by atoms with E-state index in [2.05, 4.69) is 5.32 Å². The van der Waals surface area contributed by atoms with Crippen LogP contribution in [0.2, 0.25) is 0 Å². The summed E-state index contributed by atoms with van der Waals surface area (Å²) in [5.41, 5.74) is -0.180. The standard InChI is InChI=1S/C14H20N2O3/c1-2-16-9-5-6-11(16)12(17)15-10-14(13(18)19)7-3-4-8-14/h5-6,9H,2-4,7-8,10H2,1H3,(H,15,17)(H,18,19). The number of nitrogens with zero attached hydrogens (tertiary/aromatic N) is 1. The minimum atomic E-state index is -0.795. The molecule has 0 atom stereocenters. The zero-order chi connectivity index (χ0) is 13.9. The highest BCUT2D eigenvalue weighted by Gasteiger charge is 2.41. The molecule has 0 unspecified atom stereocenters. The van der Waals surface area contributed by atoms with Crippen LogP contribution in [0, 0.1) is 5.41 Å². The minimum Gasteiger partial charge on any atom is -0.481 e. The number of aromatic nitrogens is 1. The Balaban J connectivity index is 2.02. The van der Waals surface area contributed by atoms with Gasteiger partial charge in [-0.3, -0.25) is 9.59 Å². The van der Waals surface area contributed by atoms with Crippen molar-refractivity contribution >= 4 is 11.9 Å². The number of aliphatic carboxylic acids is 1. The van der Waals surface area contributed by atoms with Crippen LogP contribution in [0.1, 0.15) is 43.1 Å². The summed E-state index contributed by atoms with van der Waals surface area (Å²) in [4.78, 5) is 23.5. The third-order valence-electron chi connectivity index (χ3n) is 4.00. The van der Waals surface area contributed by atoms with Gasteiger partial charge in [-0.25, -0.2) is 0 Å². The van der Waals surface area contributed by atoms with Crippen molar-refractivity contribution in [2.75, 3.05) is 6.54 Å². The Kier molecular flexibility index (Phi) is 3.93.